The highest BCUT2D eigenvalue weighted by Gasteiger charge is 2.32. The summed E-state index contributed by atoms with van der Waals surface area (Å²) in [6, 6.07) is 5.84. The molecule has 3 N–H and O–H groups in total. The molecule has 1 saturated heterocycles. The fourth-order valence-corrected chi connectivity index (χ4v) is 4.31. The van der Waals surface area contributed by atoms with Gasteiger partial charge in [-0.2, -0.15) is 5.10 Å². The van der Waals surface area contributed by atoms with Crippen molar-refractivity contribution in [3.05, 3.63) is 29.8 Å². The van der Waals surface area contributed by atoms with E-state index < -0.39 is 11.2 Å². The zero-order chi connectivity index (χ0) is 20.8. The van der Waals surface area contributed by atoms with Crippen LogP contribution in [0.2, 0.25) is 0 Å². The molecule has 1 aromatic rings. The van der Waals surface area contributed by atoms with Gasteiger partial charge >= 0.3 is 5.97 Å². The summed E-state index contributed by atoms with van der Waals surface area (Å²) in [6.45, 7) is 1.97. The van der Waals surface area contributed by atoms with Crippen LogP contribution in [0.5, 0.6) is 0 Å². The Morgan fingerprint density at radius 1 is 1.21 bits per heavy atom. The molecule has 1 atom stereocenters. The van der Waals surface area contributed by atoms with Gasteiger partial charge < -0.3 is 15.7 Å². The van der Waals surface area contributed by atoms with Gasteiger partial charge in [0.15, 0.2) is 5.17 Å². The van der Waals surface area contributed by atoms with E-state index in [2.05, 4.69) is 20.8 Å². The lowest BCUT2D eigenvalue weighted by molar-refractivity contribution is -0.122. The first-order valence-electron chi connectivity index (χ1n) is 9.65. The maximum Gasteiger partial charge on any atom is 0.335 e. The van der Waals surface area contributed by atoms with Gasteiger partial charge in [-0.3, -0.25) is 9.59 Å². The number of hydrogen-bond donors (Lipinski definition) is 3. The topological polar surface area (TPSA) is 120 Å². The van der Waals surface area contributed by atoms with Gasteiger partial charge in [-0.15, -0.1) is 5.10 Å². The Kier molecular flexibility index (Phi) is 7.03. The highest BCUT2D eigenvalue weighted by atomic mass is 32.2. The molecule has 0 aromatic heterocycles. The van der Waals surface area contributed by atoms with Gasteiger partial charge in [0.05, 0.1) is 5.56 Å². The number of carbonyl (C=O) groups is 3. The first-order valence-corrected chi connectivity index (χ1v) is 10.5. The van der Waals surface area contributed by atoms with E-state index >= 15 is 0 Å². The lowest BCUT2D eigenvalue weighted by Gasteiger charge is -2.20. The average molecular weight is 417 g/mol. The molecule has 0 radical (unpaired) electrons. The van der Waals surface area contributed by atoms with E-state index in [1.54, 1.807) is 0 Å². The number of hydrogen-bond acceptors (Lipinski definition) is 6. The van der Waals surface area contributed by atoms with Crippen LogP contribution in [0, 0.1) is 5.92 Å². The first-order chi connectivity index (χ1) is 13.9. The Hall–Kier alpha value is -2.68. The second-order valence-electron chi connectivity index (χ2n) is 7.21. The largest absolute Gasteiger partial charge is 0.478 e. The standard InChI is InChI=1S/C20H24N4O4S/c1-12(13-5-3-2-4-6-13)23-24-20-22-18(26)16(29-20)11-17(25)21-15-9-7-14(8-10-15)19(27)28/h7-10,13,16H,2-6,11H2,1H3,(H,21,25)(H,27,28)(H,22,24,26). The quantitative estimate of drug-likeness (QED) is 0.486. The molecule has 29 heavy (non-hydrogen) atoms. The van der Waals surface area contributed by atoms with Crippen LogP contribution in [0.25, 0.3) is 0 Å². The number of aromatic carboxylic acids is 1. The number of benzene rings is 1. The minimum atomic E-state index is -1.03. The van der Waals surface area contributed by atoms with Crippen molar-refractivity contribution in [1.82, 2.24) is 5.32 Å². The van der Waals surface area contributed by atoms with Crippen LogP contribution in [0.15, 0.2) is 34.5 Å². The van der Waals surface area contributed by atoms with E-state index in [1.165, 1.54) is 55.3 Å². The maximum absolute atomic E-state index is 12.2. The van der Waals surface area contributed by atoms with E-state index in [-0.39, 0.29) is 23.8 Å². The van der Waals surface area contributed by atoms with E-state index in [1.807, 2.05) is 6.92 Å². The highest BCUT2D eigenvalue weighted by molar-refractivity contribution is 8.15. The molecule has 1 aliphatic heterocycles. The molecule has 1 aromatic carbocycles. The molecular weight excluding hydrogens is 392 g/mol. The van der Waals surface area contributed by atoms with Crippen LogP contribution >= 0.6 is 11.8 Å². The molecule has 8 nitrogen and oxygen atoms in total. The fraction of sp³-hybridized carbons (Fsp3) is 0.450. The molecular formula is C20H24N4O4S. The van der Waals surface area contributed by atoms with Crippen LogP contribution in [0.3, 0.4) is 0 Å². The Balaban J connectivity index is 1.53. The van der Waals surface area contributed by atoms with Gasteiger partial charge in [0, 0.05) is 17.8 Å². The zero-order valence-corrected chi connectivity index (χ0v) is 17.0. The van der Waals surface area contributed by atoms with Gasteiger partial charge in [-0.25, -0.2) is 4.79 Å². The van der Waals surface area contributed by atoms with Crippen molar-refractivity contribution in [2.24, 2.45) is 16.1 Å². The molecule has 2 amide bonds. The van der Waals surface area contributed by atoms with Crippen molar-refractivity contribution in [3.8, 4) is 0 Å². The first kappa shape index (κ1) is 21.0. The molecule has 1 unspecified atom stereocenters. The van der Waals surface area contributed by atoms with Gasteiger partial charge in [0.2, 0.25) is 11.8 Å². The number of carboxylic acid groups (broad SMARTS) is 1. The summed E-state index contributed by atoms with van der Waals surface area (Å²) in [5, 5.41) is 22.5. The highest BCUT2D eigenvalue weighted by Crippen LogP contribution is 2.26. The summed E-state index contributed by atoms with van der Waals surface area (Å²) < 4.78 is 0. The van der Waals surface area contributed by atoms with Crippen LogP contribution in [0.4, 0.5) is 5.69 Å². The Morgan fingerprint density at radius 3 is 2.55 bits per heavy atom. The number of nitrogens with zero attached hydrogens (tertiary/aromatic N) is 2. The van der Waals surface area contributed by atoms with E-state index in [0.717, 1.165) is 18.6 Å². The second kappa shape index (κ2) is 9.69. The Bertz CT molecular complexity index is 845. The number of carbonyl (C=O) groups excluding carboxylic acids is 2. The third kappa shape index (κ3) is 5.90. The van der Waals surface area contributed by atoms with E-state index in [4.69, 9.17) is 5.11 Å². The molecule has 0 bridgehead atoms. The predicted octanol–water partition coefficient (Wildman–Crippen LogP) is 3.26. The smallest absolute Gasteiger partial charge is 0.335 e. The van der Waals surface area contributed by atoms with Crippen LogP contribution in [-0.4, -0.2) is 39.0 Å². The zero-order valence-electron chi connectivity index (χ0n) is 16.2. The van der Waals surface area contributed by atoms with Gasteiger partial charge in [0.25, 0.3) is 0 Å². The summed E-state index contributed by atoms with van der Waals surface area (Å²) in [6.07, 6.45) is 5.97. The number of amidine groups is 1. The minimum absolute atomic E-state index is 0.0124. The number of rotatable bonds is 6. The third-order valence-corrected chi connectivity index (χ3v) is 6.13. The van der Waals surface area contributed by atoms with Crippen molar-refractivity contribution >= 4 is 46.1 Å². The molecule has 1 heterocycles. The SMILES string of the molecule is CC(=NN=C1NC(=O)C(CC(=O)Nc2ccc(C(=O)O)cc2)S1)C1CCCCC1. The second-order valence-corrected chi connectivity index (χ2v) is 8.40. The van der Waals surface area contributed by atoms with Crippen molar-refractivity contribution in [3.63, 3.8) is 0 Å². The summed E-state index contributed by atoms with van der Waals surface area (Å²) >= 11 is 1.20. The predicted molar refractivity (Wildman–Crippen MR) is 113 cm³/mol. The van der Waals surface area contributed by atoms with Crippen LogP contribution in [0.1, 0.15) is 55.8 Å². The summed E-state index contributed by atoms with van der Waals surface area (Å²) in [5.74, 6) is -1.17. The summed E-state index contributed by atoms with van der Waals surface area (Å²) in [7, 11) is 0. The molecule has 3 rings (SSSR count). The van der Waals surface area contributed by atoms with Gasteiger partial charge in [0.1, 0.15) is 5.25 Å². The molecule has 154 valence electrons. The molecule has 0 spiro atoms. The van der Waals surface area contributed by atoms with Crippen molar-refractivity contribution in [2.45, 2.75) is 50.7 Å². The number of carboxylic acids is 1. The van der Waals surface area contributed by atoms with Crippen LogP contribution < -0.4 is 10.6 Å². The van der Waals surface area contributed by atoms with E-state index in [0.29, 0.717) is 16.8 Å². The number of anilines is 1. The normalized spacial score (nSPS) is 21.8. The molecule has 1 saturated carbocycles. The minimum Gasteiger partial charge on any atom is -0.478 e. The number of nitrogens with one attached hydrogen (secondary N) is 2. The van der Waals surface area contributed by atoms with Crippen molar-refractivity contribution < 1.29 is 19.5 Å². The van der Waals surface area contributed by atoms with E-state index in [9.17, 15) is 14.4 Å². The Labute approximate surface area is 173 Å². The van der Waals surface area contributed by atoms with Gasteiger partial charge in [-0.05, 0) is 49.9 Å². The molecule has 2 aliphatic rings. The monoisotopic (exact) mass is 416 g/mol. The summed E-state index contributed by atoms with van der Waals surface area (Å²) in [4.78, 5) is 35.2. The molecule has 1 aliphatic carbocycles. The summed E-state index contributed by atoms with van der Waals surface area (Å²) in [5.41, 5.74) is 1.60. The number of amides is 2. The molecule has 2 fully saturated rings. The van der Waals surface area contributed by atoms with Crippen molar-refractivity contribution in [2.75, 3.05) is 5.32 Å². The lowest BCUT2D eigenvalue weighted by atomic mass is 9.86. The number of thioether (sulfide) groups is 1. The van der Waals surface area contributed by atoms with Crippen LogP contribution in [-0.2, 0) is 9.59 Å². The maximum atomic E-state index is 12.2. The lowest BCUT2D eigenvalue weighted by Crippen LogP contribution is -2.28. The third-order valence-electron chi connectivity index (χ3n) is 5.06. The van der Waals surface area contributed by atoms with Crippen molar-refractivity contribution in [1.29, 1.82) is 0 Å². The Morgan fingerprint density at radius 2 is 1.90 bits per heavy atom. The average Bonchev–Trinajstić information content (AvgIpc) is 3.06. The fourth-order valence-electron chi connectivity index (χ4n) is 3.39. The molecule has 9 heteroatoms. The van der Waals surface area contributed by atoms with Gasteiger partial charge in [-0.1, -0.05) is 31.0 Å².